The number of rotatable bonds is 7. The Kier molecular flexibility index (Phi) is 6.02. The number of aromatic nitrogens is 2. The summed E-state index contributed by atoms with van der Waals surface area (Å²) in [6.07, 6.45) is 1.88. The number of amides is 1. The van der Waals surface area contributed by atoms with Gasteiger partial charge in [-0.25, -0.2) is 18.5 Å². The Morgan fingerprint density at radius 1 is 1.21 bits per heavy atom. The van der Waals surface area contributed by atoms with Crippen LogP contribution in [-0.2, 0) is 27.8 Å². The van der Waals surface area contributed by atoms with Gasteiger partial charge in [0.05, 0.1) is 21.8 Å². The van der Waals surface area contributed by atoms with Crippen molar-refractivity contribution in [3.8, 4) is 10.6 Å². The van der Waals surface area contributed by atoms with Crippen molar-refractivity contribution in [3.63, 3.8) is 0 Å². The first-order chi connectivity index (χ1) is 13.3. The Hall–Kier alpha value is -2.82. The van der Waals surface area contributed by atoms with E-state index in [9.17, 15) is 18.0 Å². The standard InChI is InChI=1S/C18H18N4O4S2/c19-28(25,26)14-5-3-13(4-6-14)7-8-20-17(23)11-22-12-21-15(10-18(22)24)16-2-1-9-27-16/h1-6,9-10,12H,7-8,11H2,(H,20,23)(H2,19,25,26). The highest BCUT2D eigenvalue weighted by Gasteiger charge is 2.09. The first kappa shape index (κ1) is 19.9. The van der Waals surface area contributed by atoms with E-state index >= 15 is 0 Å². The van der Waals surface area contributed by atoms with Crippen molar-refractivity contribution in [2.24, 2.45) is 5.14 Å². The number of carbonyl (C=O) groups excluding carboxylic acids is 1. The van der Waals surface area contributed by atoms with Crippen molar-refractivity contribution >= 4 is 27.3 Å². The molecule has 0 fully saturated rings. The van der Waals surface area contributed by atoms with Crippen molar-refractivity contribution < 1.29 is 13.2 Å². The third kappa shape index (κ3) is 5.12. The summed E-state index contributed by atoms with van der Waals surface area (Å²) in [6.45, 7) is 0.226. The van der Waals surface area contributed by atoms with E-state index in [4.69, 9.17) is 5.14 Å². The number of sulfonamides is 1. The smallest absolute Gasteiger partial charge is 0.254 e. The molecule has 3 N–H and O–H groups in total. The highest BCUT2D eigenvalue weighted by Crippen LogP contribution is 2.20. The average Bonchev–Trinajstić information content (AvgIpc) is 3.18. The summed E-state index contributed by atoms with van der Waals surface area (Å²) in [5, 5.41) is 9.68. The minimum atomic E-state index is -3.72. The molecule has 0 saturated heterocycles. The second-order valence-electron chi connectivity index (χ2n) is 6.01. The van der Waals surface area contributed by atoms with Gasteiger partial charge in [-0.05, 0) is 35.6 Å². The van der Waals surface area contributed by atoms with Crippen molar-refractivity contribution in [3.05, 3.63) is 70.1 Å². The van der Waals surface area contributed by atoms with Gasteiger partial charge in [-0.15, -0.1) is 11.3 Å². The molecule has 0 radical (unpaired) electrons. The number of nitrogens with two attached hydrogens (primary N) is 1. The van der Waals surface area contributed by atoms with Crippen LogP contribution in [0.4, 0.5) is 0 Å². The lowest BCUT2D eigenvalue weighted by Crippen LogP contribution is -2.33. The molecule has 0 aliphatic heterocycles. The predicted octanol–water partition coefficient (Wildman–Crippen LogP) is 0.978. The van der Waals surface area contributed by atoms with Gasteiger partial charge in [-0.2, -0.15) is 0 Å². The minimum absolute atomic E-state index is 0.0400. The fraction of sp³-hybridized carbons (Fsp3) is 0.167. The van der Waals surface area contributed by atoms with Crippen LogP contribution in [0.25, 0.3) is 10.6 Å². The van der Waals surface area contributed by atoms with Crippen LogP contribution in [-0.4, -0.2) is 30.4 Å². The van der Waals surface area contributed by atoms with E-state index in [1.54, 1.807) is 12.1 Å². The molecule has 0 atom stereocenters. The maximum Gasteiger partial charge on any atom is 0.254 e. The zero-order valence-corrected chi connectivity index (χ0v) is 16.4. The van der Waals surface area contributed by atoms with Crippen molar-refractivity contribution in [2.45, 2.75) is 17.9 Å². The quantitative estimate of drug-likeness (QED) is 0.592. The van der Waals surface area contributed by atoms with Gasteiger partial charge in [0.25, 0.3) is 5.56 Å². The number of hydrogen-bond donors (Lipinski definition) is 2. The summed E-state index contributed by atoms with van der Waals surface area (Å²) in [5.74, 6) is -0.311. The lowest BCUT2D eigenvalue weighted by molar-refractivity contribution is -0.121. The van der Waals surface area contributed by atoms with Crippen LogP contribution in [0.5, 0.6) is 0 Å². The second-order valence-corrected chi connectivity index (χ2v) is 8.52. The van der Waals surface area contributed by atoms with E-state index in [0.717, 1.165) is 10.4 Å². The summed E-state index contributed by atoms with van der Waals surface area (Å²) >= 11 is 1.49. The fourth-order valence-electron chi connectivity index (χ4n) is 2.51. The Morgan fingerprint density at radius 3 is 2.57 bits per heavy atom. The van der Waals surface area contributed by atoms with Gasteiger partial charge in [0.1, 0.15) is 6.54 Å². The lowest BCUT2D eigenvalue weighted by atomic mass is 10.1. The van der Waals surface area contributed by atoms with Gasteiger partial charge in [0.15, 0.2) is 0 Å². The molecular weight excluding hydrogens is 400 g/mol. The van der Waals surface area contributed by atoms with E-state index in [1.165, 1.54) is 40.4 Å². The molecule has 0 bridgehead atoms. The first-order valence-electron chi connectivity index (χ1n) is 8.32. The largest absolute Gasteiger partial charge is 0.354 e. The second kappa shape index (κ2) is 8.46. The van der Waals surface area contributed by atoms with Crippen LogP contribution in [0.2, 0.25) is 0 Å². The molecule has 0 aliphatic carbocycles. The Morgan fingerprint density at radius 2 is 1.96 bits per heavy atom. The predicted molar refractivity (Wildman–Crippen MR) is 106 cm³/mol. The topological polar surface area (TPSA) is 124 Å². The van der Waals surface area contributed by atoms with Crippen molar-refractivity contribution in [2.75, 3.05) is 6.54 Å². The third-order valence-corrected chi connectivity index (χ3v) is 5.78. The van der Waals surface area contributed by atoms with E-state index in [1.807, 2.05) is 17.5 Å². The van der Waals surface area contributed by atoms with Gasteiger partial charge in [0.2, 0.25) is 15.9 Å². The van der Waals surface area contributed by atoms with Gasteiger partial charge in [-0.3, -0.25) is 14.2 Å². The summed E-state index contributed by atoms with van der Waals surface area (Å²) in [4.78, 5) is 29.4. The normalized spacial score (nSPS) is 11.3. The Bertz CT molecular complexity index is 1120. The molecule has 3 rings (SSSR count). The van der Waals surface area contributed by atoms with Crippen LogP contribution in [0.1, 0.15) is 5.56 Å². The number of benzene rings is 1. The van der Waals surface area contributed by atoms with Gasteiger partial charge >= 0.3 is 0 Å². The van der Waals surface area contributed by atoms with Crippen LogP contribution < -0.4 is 16.0 Å². The monoisotopic (exact) mass is 418 g/mol. The fourth-order valence-corrected chi connectivity index (χ4v) is 3.72. The molecule has 0 aliphatic rings. The maximum absolute atomic E-state index is 12.2. The average molecular weight is 419 g/mol. The van der Waals surface area contributed by atoms with E-state index < -0.39 is 10.0 Å². The zero-order chi connectivity index (χ0) is 20.1. The Labute approximate surface area is 165 Å². The molecule has 1 amide bonds. The minimum Gasteiger partial charge on any atom is -0.354 e. The van der Waals surface area contributed by atoms with Crippen molar-refractivity contribution in [1.29, 1.82) is 0 Å². The van der Waals surface area contributed by atoms with Crippen molar-refractivity contribution in [1.82, 2.24) is 14.9 Å². The van der Waals surface area contributed by atoms with Crippen LogP contribution >= 0.6 is 11.3 Å². The number of nitrogens with one attached hydrogen (secondary N) is 1. The molecule has 1 aromatic carbocycles. The summed E-state index contributed by atoms with van der Waals surface area (Å²) in [5.41, 5.74) is 1.14. The highest BCUT2D eigenvalue weighted by molar-refractivity contribution is 7.89. The highest BCUT2D eigenvalue weighted by atomic mass is 32.2. The molecule has 0 unspecified atom stereocenters. The van der Waals surface area contributed by atoms with Gasteiger partial charge in [0, 0.05) is 12.6 Å². The molecule has 28 heavy (non-hydrogen) atoms. The zero-order valence-electron chi connectivity index (χ0n) is 14.7. The molecule has 8 nitrogen and oxygen atoms in total. The van der Waals surface area contributed by atoms with E-state index in [2.05, 4.69) is 10.3 Å². The van der Waals surface area contributed by atoms with Crippen LogP contribution in [0.3, 0.4) is 0 Å². The van der Waals surface area contributed by atoms with Gasteiger partial charge in [-0.1, -0.05) is 18.2 Å². The number of carbonyl (C=O) groups is 1. The number of hydrogen-bond acceptors (Lipinski definition) is 6. The molecular formula is C18H18N4O4S2. The maximum atomic E-state index is 12.2. The van der Waals surface area contributed by atoms with Crippen LogP contribution in [0, 0.1) is 0 Å². The summed E-state index contributed by atoms with van der Waals surface area (Å²) in [6, 6.07) is 11.3. The molecule has 10 heteroatoms. The number of nitrogens with zero attached hydrogens (tertiary/aromatic N) is 2. The molecule has 0 spiro atoms. The molecule has 2 aromatic heterocycles. The molecule has 146 valence electrons. The molecule has 2 heterocycles. The number of thiophene rings is 1. The lowest BCUT2D eigenvalue weighted by Gasteiger charge is -2.08. The number of primary sulfonamides is 1. The van der Waals surface area contributed by atoms with Crippen LogP contribution in [0.15, 0.2) is 63.9 Å². The SMILES string of the molecule is NS(=O)(=O)c1ccc(CCNC(=O)Cn2cnc(-c3cccs3)cc2=O)cc1. The summed E-state index contributed by atoms with van der Waals surface area (Å²) < 4.78 is 23.7. The first-order valence-corrected chi connectivity index (χ1v) is 10.7. The van der Waals surface area contributed by atoms with Gasteiger partial charge < -0.3 is 5.32 Å². The summed E-state index contributed by atoms with van der Waals surface area (Å²) in [7, 11) is -3.72. The molecule has 0 saturated carbocycles. The third-order valence-electron chi connectivity index (χ3n) is 3.95. The Balaban J connectivity index is 1.53. The molecule has 3 aromatic rings. The van der Waals surface area contributed by atoms with E-state index in [0.29, 0.717) is 18.7 Å². The van der Waals surface area contributed by atoms with E-state index in [-0.39, 0.29) is 22.9 Å².